The molecule has 3 rings (SSSR count). The van der Waals surface area contributed by atoms with Crippen molar-refractivity contribution in [1.29, 1.82) is 0 Å². The molecule has 0 unspecified atom stereocenters. The Morgan fingerprint density at radius 1 is 1.39 bits per heavy atom. The number of rotatable bonds is 5. The molecule has 1 N–H and O–H groups in total. The molecule has 0 saturated carbocycles. The molecule has 0 bridgehead atoms. The fourth-order valence-corrected chi connectivity index (χ4v) is 3.04. The molecule has 0 aromatic carbocycles. The van der Waals surface area contributed by atoms with Gasteiger partial charge in [-0.2, -0.15) is 5.10 Å². The van der Waals surface area contributed by atoms with Gasteiger partial charge in [0.1, 0.15) is 10.4 Å². The summed E-state index contributed by atoms with van der Waals surface area (Å²) in [4.78, 5) is 28.1. The van der Waals surface area contributed by atoms with E-state index in [0.29, 0.717) is 29.7 Å². The molecule has 3 heterocycles. The molecule has 122 valence electrons. The van der Waals surface area contributed by atoms with E-state index in [1.165, 1.54) is 4.68 Å². The Hall–Kier alpha value is -1.96. The first kappa shape index (κ1) is 15.9. The van der Waals surface area contributed by atoms with Crippen molar-refractivity contribution in [3.05, 3.63) is 44.8 Å². The van der Waals surface area contributed by atoms with Crippen LogP contribution < -0.4 is 11.0 Å². The quantitative estimate of drug-likeness (QED) is 0.627. The molecule has 8 heteroatoms. The molecular weight excluding hydrogens is 362 g/mol. The Kier molecular flexibility index (Phi) is 4.90. The van der Waals surface area contributed by atoms with Crippen LogP contribution >= 0.6 is 15.9 Å². The zero-order chi connectivity index (χ0) is 16.2. The number of hydrogen-bond donors (Lipinski definition) is 1. The molecule has 0 saturated heterocycles. The van der Waals surface area contributed by atoms with Gasteiger partial charge in [-0.05, 0) is 47.3 Å². The van der Waals surface area contributed by atoms with Crippen LogP contribution in [0.5, 0.6) is 0 Å². The number of amides is 1. The third-order valence-electron chi connectivity index (χ3n) is 3.85. The van der Waals surface area contributed by atoms with Gasteiger partial charge in [0.25, 0.3) is 5.91 Å². The van der Waals surface area contributed by atoms with Crippen molar-refractivity contribution in [2.24, 2.45) is 0 Å². The summed E-state index contributed by atoms with van der Waals surface area (Å²) >= 11 is 3.24. The highest BCUT2D eigenvalue weighted by molar-refractivity contribution is 9.10. The van der Waals surface area contributed by atoms with Gasteiger partial charge in [0.15, 0.2) is 0 Å². The molecule has 1 amide bonds. The van der Waals surface area contributed by atoms with Crippen molar-refractivity contribution < 1.29 is 4.79 Å². The molecule has 0 fully saturated rings. The normalized spacial score (nSPS) is 13.6. The Morgan fingerprint density at radius 3 is 3.04 bits per heavy atom. The van der Waals surface area contributed by atoms with E-state index in [1.807, 2.05) is 0 Å². The van der Waals surface area contributed by atoms with Crippen LogP contribution in [-0.4, -0.2) is 31.8 Å². The smallest absolute Gasteiger partial charge is 0.345 e. The minimum absolute atomic E-state index is 0.0379. The zero-order valence-electron chi connectivity index (χ0n) is 12.7. The van der Waals surface area contributed by atoms with E-state index < -0.39 is 0 Å². The SMILES string of the molecule is O=C(NCCCn1nc2n(c1=O)CCCC2)c1ccnc(Br)c1. The number of pyridine rings is 1. The van der Waals surface area contributed by atoms with Gasteiger partial charge < -0.3 is 5.32 Å². The molecule has 2 aromatic rings. The first-order chi connectivity index (χ1) is 11.1. The van der Waals surface area contributed by atoms with E-state index in [9.17, 15) is 9.59 Å². The van der Waals surface area contributed by atoms with Crippen LogP contribution in [-0.2, 0) is 19.5 Å². The largest absolute Gasteiger partial charge is 0.352 e. The summed E-state index contributed by atoms with van der Waals surface area (Å²) in [6, 6.07) is 3.33. The minimum atomic E-state index is -0.149. The van der Waals surface area contributed by atoms with Gasteiger partial charge in [0.2, 0.25) is 0 Å². The minimum Gasteiger partial charge on any atom is -0.352 e. The van der Waals surface area contributed by atoms with Gasteiger partial charge in [-0.1, -0.05) is 0 Å². The maximum Gasteiger partial charge on any atom is 0.345 e. The first-order valence-electron chi connectivity index (χ1n) is 7.71. The lowest BCUT2D eigenvalue weighted by atomic mass is 10.2. The van der Waals surface area contributed by atoms with Crippen LogP contribution in [0.1, 0.15) is 35.4 Å². The number of carbonyl (C=O) groups is 1. The summed E-state index contributed by atoms with van der Waals surface area (Å²) in [5.74, 6) is 0.733. The molecule has 7 nitrogen and oxygen atoms in total. The van der Waals surface area contributed by atoms with Crippen molar-refractivity contribution in [3.8, 4) is 0 Å². The van der Waals surface area contributed by atoms with Gasteiger partial charge in [-0.3, -0.25) is 9.36 Å². The second kappa shape index (κ2) is 7.08. The lowest BCUT2D eigenvalue weighted by molar-refractivity contribution is 0.0952. The van der Waals surface area contributed by atoms with Gasteiger partial charge in [0, 0.05) is 37.8 Å². The van der Waals surface area contributed by atoms with E-state index in [1.54, 1.807) is 22.9 Å². The monoisotopic (exact) mass is 379 g/mol. The predicted octanol–water partition coefficient (Wildman–Crippen LogP) is 1.36. The van der Waals surface area contributed by atoms with Crippen LogP contribution in [0.3, 0.4) is 0 Å². The van der Waals surface area contributed by atoms with Crippen molar-refractivity contribution >= 4 is 21.8 Å². The fraction of sp³-hybridized carbons (Fsp3) is 0.467. The van der Waals surface area contributed by atoms with Crippen LogP contribution in [0.25, 0.3) is 0 Å². The summed E-state index contributed by atoms with van der Waals surface area (Å²) in [5.41, 5.74) is 0.519. The van der Waals surface area contributed by atoms with Gasteiger partial charge in [-0.25, -0.2) is 14.5 Å². The van der Waals surface area contributed by atoms with E-state index >= 15 is 0 Å². The van der Waals surface area contributed by atoms with E-state index in [4.69, 9.17) is 0 Å². The topological polar surface area (TPSA) is 81.8 Å². The van der Waals surface area contributed by atoms with E-state index in [-0.39, 0.29) is 11.6 Å². The van der Waals surface area contributed by atoms with Crippen molar-refractivity contribution in [3.63, 3.8) is 0 Å². The number of nitrogens with one attached hydrogen (secondary N) is 1. The number of hydrogen-bond acceptors (Lipinski definition) is 4. The highest BCUT2D eigenvalue weighted by Gasteiger charge is 2.16. The number of carbonyl (C=O) groups excluding carboxylic acids is 1. The summed E-state index contributed by atoms with van der Waals surface area (Å²) in [5, 5.41) is 7.22. The molecule has 2 aromatic heterocycles. The third-order valence-corrected chi connectivity index (χ3v) is 4.29. The molecular formula is C15H18BrN5O2. The van der Waals surface area contributed by atoms with Crippen LogP contribution in [0, 0.1) is 0 Å². The Bertz CT molecular complexity index is 767. The third kappa shape index (κ3) is 3.69. The van der Waals surface area contributed by atoms with E-state index in [2.05, 4.69) is 31.3 Å². The highest BCUT2D eigenvalue weighted by Crippen LogP contribution is 2.09. The maximum absolute atomic E-state index is 12.2. The van der Waals surface area contributed by atoms with Crippen molar-refractivity contribution in [2.45, 2.75) is 38.8 Å². The second-order valence-electron chi connectivity index (χ2n) is 5.51. The molecule has 23 heavy (non-hydrogen) atoms. The molecule has 0 aliphatic carbocycles. The lowest BCUT2D eigenvalue weighted by Crippen LogP contribution is -2.29. The van der Waals surface area contributed by atoms with Crippen molar-refractivity contribution in [2.75, 3.05) is 6.54 Å². The summed E-state index contributed by atoms with van der Waals surface area (Å²) < 4.78 is 3.90. The Balaban J connectivity index is 1.51. The number of fused-ring (bicyclic) bond motifs is 1. The Labute approximate surface area is 141 Å². The number of aromatic nitrogens is 4. The number of halogens is 1. The fourth-order valence-electron chi connectivity index (χ4n) is 2.67. The molecule has 0 atom stereocenters. The zero-order valence-corrected chi connectivity index (χ0v) is 14.3. The second-order valence-corrected chi connectivity index (χ2v) is 6.32. The molecule has 0 spiro atoms. The van der Waals surface area contributed by atoms with Crippen LogP contribution in [0.15, 0.2) is 27.7 Å². The number of nitrogens with zero attached hydrogens (tertiary/aromatic N) is 4. The number of aryl methyl sites for hydroxylation is 2. The van der Waals surface area contributed by atoms with E-state index in [0.717, 1.165) is 31.6 Å². The molecule has 1 aliphatic rings. The lowest BCUT2D eigenvalue weighted by Gasteiger charge is -2.09. The average Bonchev–Trinajstić information content (AvgIpc) is 2.88. The molecule has 0 radical (unpaired) electrons. The van der Waals surface area contributed by atoms with Crippen molar-refractivity contribution in [1.82, 2.24) is 24.6 Å². The van der Waals surface area contributed by atoms with Crippen LogP contribution in [0.2, 0.25) is 0 Å². The summed E-state index contributed by atoms with van der Waals surface area (Å²) in [6.45, 7) is 1.77. The standard InChI is InChI=1S/C15H18BrN5O2/c16-12-10-11(5-7-17-12)14(22)18-6-3-9-21-15(23)20-8-2-1-4-13(20)19-21/h5,7,10H,1-4,6,8-9H2,(H,18,22). The molecule has 1 aliphatic heterocycles. The Morgan fingerprint density at radius 2 is 2.26 bits per heavy atom. The first-order valence-corrected chi connectivity index (χ1v) is 8.51. The van der Waals surface area contributed by atoms with Crippen LogP contribution in [0.4, 0.5) is 0 Å². The average molecular weight is 380 g/mol. The predicted molar refractivity (Wildman–Crippen MR) is 88.3 cm³/mol. The summed E-state index contributed by atoms with van der Waals surface area (Å²) in [7, 11) is 0. The summed E-state index contributed by atoms with van der Waals surface area (Å²) in [6.07, 6.45) is 5.24. The highest BCUT2D eigenvalue weighted by atomic mass is 79.9. The van der Waals surface area contributed by atoms with Gasteiger partial charge in [-0.15, -0.1) is 0 Å². The van der Waals surface area contributed by atoms with Gasteiger partial charge >= 0.3 is 5.69 Å². The van der Waals surface area contributed by atoms with Gasteiger partial charge in [0.05, 0.1) is 0 Å². The maximum atomic E-state index is 12.2.